The van der Waals surface area contributed by atoms with Gasteiger partial charge in [-0.1, -0.05) is 23.2 Å². The molecule has 1 aromatic carbocycles. The lowest BCUT2D eigenvalue weighted by Gasteiger charge is -2.15. The zero-order valence-electron chi connectivity index (χ0n) is 14.1. The molecule has 8 heteroatoms. The van der Waals surface area contributed by atoms with Gasteiger partial charge in [-0.2, -0.15) is 0 Å². The number of carbonyl (C=O) groups excluding carboxylic acids is 2. The minimum atomic E-state index is -1.15. The van der Waals surface area contributed by atoms with Crippen LogP contribution in [0.5, 0.6) is 0 Å². The summed E-state index contributed by atoms with van der Waals surface area (Å²) in [6.07, 6.45) is 0.702. The standard InChI is InChI=1S/C17H22Cl2N2O4/c1-10(2)20-15(22)4-3-5-16(23)21-14(17(24)25)8-11-6-12(18)9-13(19)7-11/h6-7,9-10,14H,3-5,8H2,1-2H3,(H,20,22)(H,21,23)(H,24,25). The van der Waals surface area contributed by atoms with Gasteiger partial charge in [0.05, 0.1) is 0 Å². The molecule has 0 aliphatic heterocycles. The molecular formula is C17H22Cl2N2O4. The van der Waals surface area contributed by atoms with Gasteiger partial charge in [0.1, 0.15) is 6.04 Å². The Bertz CT molecular complexity index is 615. The molecule has 0 saturated carbocycles. The Morgan fingerprint density at radius 1 is 1.00 bits per heavy atom. The molecule has 3 N–H and O–H groups in total. The highest BCUT2D eigenvalue weighted by molar-refractivity contribution is 6.34. The Labute approximate surface area is 156 Å². The average molecular weight is 389 g/mol. The summed E-state index contributed by atoms with van der Waals surface area (Å²) in [5, 5.41) is 15.3. The van der Waals surface area contributed by atoms with E-state index in [1.807, 2.05) is 13.8 Å². The van der Waals surface area contributed by atoms with E-state index in [0.29, 0.717) is 22.0 Å². The highest BCUT2D eigenvalue weighted by atomic mass is 35.5. The number of halogens is 2. The zero-order chi connectivity index (χ0) is 19.0. The third kappa shape index (κ3) is 8.74. The van der Waals surface area contributed by atoms with E-state index in [4.69, 9.17) is 23.2 Å². The van der Waals surface area contributed by atoms with Crippen molar-refractivity contribution in [1.29, 1.82) is 0 Å². The van der Waals surface area contributed by atoms with Crippen molar-refractivity contribution in [3.63, 3.8) is 0 Å². The lowest BCUT2D eigenvalue weighted by molar-refractivity contribution is -0.141. The van der Waals surface area contributed by atoms with Gasteiger partial charge in [0.25, 0.3) is 0 Å². The summed E-state index contributed by atoms with van der Waals surface area (Å²) in [6.45, 7) is 3.70. The van der Waals surface area contributed by atoms with Gasteiger partial charge >= 0.3 is 5.97 Å². The van der Waals surface area contributed by atoms with Gasteiger partial charge in [0, 0.05) is 35.3 Å². The Balaban J connectivity index is 2.53. The average Bonchev–Trinajstić information content (AvgIpc) is 2.44. The fraction of sp³-hybridized carbons (Fsp3) is 0.471. The number of carbonyl (C=O) groups is 3. The van der Waals surface area contributed by atoms with Crippen molar-refractivity contribution in [1.82, 2.24) is 10.6 Å². The molecule has 1 aromatic rings. The van der Waals surface area contributed by atoms with Crippen molar-refractivity contribution in [2.45, 2.75) is 51.6 Å². The lowest BCUT2D eigenvalue weighted by atomic mass is 10.1. The van der Waals surface area contributed by atoms with E-state index in [2.05, 4.69) is 10.6 Å². The molecule has 0 aliphatic carbocycles. The summed E-state index contributed by atoms with van der Waals surface area (Å²) in [4.78, 5) is 34.8. The number of carboxylic acid groups (broad SMARTS) is 1. The normalized spacial score (nSPS) is 11.9. The topological polar surface area (TPSA) is 95.5 Å². The molecule has 0 saturated heterocycles. The van der Waals surface area contributed by atoms with Crippen LogP contribution in [0.25, 0.3) is 0 Å². The van der Waals surface area contributed by atoms with Crippen molar-refractivity contribution >= 4 is 41.0 Å². The summed E-state index contributed by atoms with van der Waals surface area (Å²) >= 11 is 11.8. The molecule has 0 aliphatic rings. The van der Waals surface area contributed by atoms with Crippen LogP contribution in [-0.4, -0.2) is 35.0 Å². The summed E-state index contributed by atoms with van der Waals surface area (Å²) in [6, 6.07) is 3.70. The van der Waals surface area contributed by atoms with E-state index in [-0.39, 0.29) is 31.2 Å². The van der Waals surface area contributed by atoms with Crippen molar-refractivity contribution < 1.29 is 19.5 Å². The Morgan fingerprint density at radius 3 is 2.00 bits per heavy atom. The fourth-order valence-electron chi connectivity index (χ4n) is 2.23. The first-order chi connectivity index (χ1) is 11.7. The number of nitrogens with one attached hydrogen (secondary N) is 2. The molecule has 1 atom stereocenters. The molecule has 0 aromatic heterocycles. The maximum atomic E-state index is 11.9. The number of rotatable bonds is 9. The van der Waals surface area contributed by atoms with Crippen LogP contribution in [0, 0.1) is 0 Å². The second-order valence-electron chi connectivity index (χ2n) is 6.02. The maximum Gasteiger partial charge on any atom is 0.326 e. The maximum absolute atomic E-state index is 11.9. The first kappa shape index (κ1) is 21.3. The van der Waals surface area contributed by atoms with Crippen LogP contribution in [0.4, 0.5) is 0 Å². The second kappa shape index (κ2) is 10.3. The van der Waals surface area contributed by atoms with Crippen molar-refractivity contribution in [2.75, 3.05) is 0 Å². The SMILES string of the molecule is CC(C)NC(=O)CCCC(=O)NC(Cc1cc(Cl)cc(Cl)c1)C(=O)O. The van der Waals surface area contributed by atoms with E-state index >= 15 is 0 Å². The lowest BCUT2D eigenvalue weighted by Crippen LogP contribution is -2.42. The number of carboxylic acids is 1. The number of aliphatic carboxylic acids is 1. The van der Waals surface area contributed by atoms with Gasteiger partial charge in [-0.25, -0.2) is 4.79 Å². The van der Waals surface area contributed by atoms with Gasteiger partial charge < -0.3 is 15.7 Å². The van der Waals surface area contributed by atoms with Gasteiger partial charge in [-0.15, -0.1) is 0 Å². The highest BCUT2D eigenvalue weighted by Gasteiger charge is 2.20. The van der Waals surface area contributed by atoms with Crippen LogP contribution in [-0.2, 0) is 20.8 Å². The number of amides is 2. The molecule has 6 nitrogen and oxygen atoms in total. The third-order valence-electron chi connectivity index (χ3n) is 3.25. The molecule has 0 radical (unpaired) electrons. The van der Waals surface area contributed by atoms with E-state index in [9.17, 15) is 19.5 Å². The number of hydrogen-bond donors (Lipinski definition) is 3. The van der Waals surface area contributed by atoms with Gasteiger partial charge in [-0.3, -0.25) is 9.59 Å². The molecule has 0 spiro atoms. The minimum Gasteiger partial charge on any atom is -0.480 e. The Morgan fingerprint density at radius 2 is 1.52 bits per heavy atom. The number of hydrogen-bond acceptors (Lipinski definition) is 3. The summed E-state index contributed by atoms with van der Waals surface area (Å²) in [5.74, 6) is -1.70. The van der Waals surface area contributed by atoms with E-state index in [1.54, 1.807) is 18.2 Å². The Kier molecular flexibility index (Phi) is 8.72. The summed E-state index contributed by atoms with van der Waals surface area (Å²) in [5.41, 5.74) is 0.613. The van der Waals surface area contributed by atoms with Crippen LogP contribution in [0.1, 0.15) is 38.7 Å². The molecule has 0 bridgehead atoms. The zero-order valence-corrected chi connectivity index (χ0v) is 15.7. The van der Waals surface area contributed by atoms with Gasteiger partial charge in [-0.05, 0) is 44.0 Å². The third-order valence-corrected chi connectivity index (χ3v) is 3.69. The van der Waals surface area contributed by atoms with E-state index in [1.165, 1.54) is 0 Å². The molecule has 0 heterocycles. The van der Waals surface area contributed by atoms with Gasteiger partial charge in [0.15, 0.2) is 0 Å². The fourth-order valence-corrected chi connectivity index (χ4v) is 2.81. The molecule has 0 fully saturated rings. The second-order valence-corrected chi connectivity index (χ2v) is 6.89. The predicted molar refractivity (Wildman–Crippen MR) is 96.9 cm³/mol. The van der Waals surface area contributed by atoms with E-state index < -0.39 is 17.9 Å². The minimum absolute atomic E-state index is 0.0437. The summed E-state index contributed by atoms with van der Waals surface area (Å²) < 4.78 is 0. The van der Waals surface area contributed by atoms with Crippen LogP contribution in [0.3, 0.4) is 0 Å². The molecule has 1 unspecified atom stereocenters. The van der Waals surface area contributed by atoms with Crippen LogP contribution >= 0.6 is 23.2 Å². The first-order valence-electron chi connectivity index (χ1n) is 7.94. The summed E-state index contributed by atoms with van der Waals surface area (Å²) in [7, 11) is 0. The van der Waals surface area contributed by atoms with Crippen molar-refractivity contribution in [3.05, 3.63) is 33.8 Å². The van der Waals surface area contributed by atoms with Gasteiger partial charge in [0.2, 0.25) is 11.8 Å². The van der Waals surface area contributed by atoms with Crippen LogP contribution in [0.2, 0.25) is 10.0 Å². The predicted octanol–water partition coefficient (Wildman–Crippen LogP) is 2.80. The number of benzene rings is 1. The van der Waals surface area contributed by atoms with Crippen LogP contribution in [0.15, 0.2) is 18.2 Å². The largest absolute Gasteiger partial charge is 0.480 e. The molecule has 138 valence electrons. The molecular weight excluding hydrogens is 367 g/mol. The molecule has 1 rings (SSSR count). The van der Waals surface area contributed by atoms with E-state index in [0.717, 1.165) is 0 Å². The first-order valence-corrected chi connectivity index (χ1v) is 8.69. The van der Waals surface area contributed by atoms with Crippen molar-refractivity contribution in [2.24, 2.45) is 0 Å². The Hall–Kier alpha value is -1.79. The van der Waals surface area contributed by atoms with Crippen LogP contribution < -0.4 is 10.6 Å². The quantitative estimate of drug-likeness (QED) is 0.605. The smallest absolute Gasteiger partial charge is 0.326 e. The highest BCUT2D eigenvalue weighted by Crippen LogP contribution is 2.20. The molecule has 2 amide bonds. The molecule has 25 heavy (non-hydrogen) atoms. The van der Waals surface area contributed by atoms with Crippen molar-refractivity contribution in [3.8, 4) is 0 Å². The monoisotopic (exact) mass is 388 g/mol.